The lowest BCUT2D eigenvalue weighted by atomic mass is 9.83. The Morgan fingerprint density at radius 3 is 2.29 bits per heavy atom. The second kappa shape index (κ2) is 5.35. The molecule has 1 aromatic carbocycles. The van der Waals surface area contributed by atoms with Crippen molar-refractivity contribution in [2.24, 2.45) is 11.8 Å². The second-order valence-electron chi connectivity index (χ2n) is 5.19. The molecule has 0 unspecified atom stereocenters. The van der Waals surface area contributed by atoms with Crippen LogP contribution in [-0.4, -0.2) is 5.97 Å². The zero-order chi connectivity index (χ0) is 12.3. The van der Waals surface area contributed by atoms with E-state index in [9.17, 15) is 4.79 Å². The Labute approximate surface area is 103 Å². The van der Waals surface area contributed by atoms with Crippen LogP contribution in [0.4, 0.5) is 0 Å². The van der Waals surface area contributed by atoms with E-state index in [0.717, 1.165) is 31.6 Å². The minimum atomic E-state index is -0.0549. The van der Waals surface area contributed by atoms with Crippen molar-refractivity contribution < 1.29 is 9.53 Å². The van der Waals surface area contributed by atoms with Gasteiger partial charge >= 0.3 is 5.97 Å². The molecule has 1 aliphatic carbocycles. The van der Waals surface area contributed by atoms with Crippen LogP contribution >= 0.6 is 0 Å². The first-order valence-corrected chi connectivity index (χ1v) is 6.43. The van der Waals surface area contributed by atoms with Gasteiger partial charge in [-0.1, -0.05) is 24.6 Å². The molecule has 0 radical (unpaired) electrons. The summed E-state index contributed by atoms with van der Waals surface area (Å²) in [4.78, 5) is 11.9. The molecule has 0 aromatic heterocycles. The average molecular weight is 232 g/mol. The van der Waals surface area contributed by atoms with Crippen molar-refractivity contribution in [3.05, 3.63) is 29.8 Å². The molecule has 0 spiro atoms. The fourth-order valence-electron chi connectivity index (χ4n) is 2.30. The molecule has 1 saturated carbocycles. The van der Waals surface area contributed by atoms with Crippen molar-refractivity contribution >= 4 is 5.97 Å². The maximum absolute atomic E-state index is 11.9. The third-order valence-electron chi connectivity index (χ3n) is 3.59. The van der Waals surface area contributed by atoms with Crippen molar-refractivity contribution in [2.45, 2.75) is 39.5 Å². The Morgan fingerprint density at radius 1 is 1.12 bits per heavy atom. The Hall–Kier alpha value is -1.31. The topological polar surface area (TPSA) is 26.3 Å². The van der Waals surface area contributed by atoms with Gasteiger partial charge in [-0.3, -0.25) is 4.79 Å². The standard InChI is InChI=1S/C15H20O2/c1-11-3-7-13(8-4-11)15(16)17-14-9-5-12(2)6-10-14/h5-6,9-11,13H,3-4,7-8H2,1-2H3/t11-,13-. The van der Waals surface area contributed by atoms with E-state index in [-0.39, 0.29) is 11.9 Å². The smallest absolute Gasteiger partial charge is 0.314 e. The Bertz CT molecular complexity index is 372. The number of benzene rings is 1. The molecule has 0 saturated heterocycles. The van der Waals surface area contributed by atoms with Gasteiger partial charge in [-0.25, -0.2) is 0 Å². The summed E-state index contributed by atoms with van der Waals surface area (Å²) in [5, 5.41) is 0. The van der Waals surface area contributed by atoms with Crippen molar-refractivity contribution in [2.75, 3.05) is 0 Å². The van der Waals surface area contributed by atoms with Crippen LogP contribution in [0, 0.1) is 18.8 Å². The molecule has 0 atom stereocenters. The summed E-state index contributed by atoms with van der Waals surface area (Å²) in [7, 11) is 0. The van der Waals surface area contributed by atoms with Crippen LogP contribution in [-0.2, 0) is 4.79 Å². The fourth-order valence-corrected chi connectivity index (χ4v) is 2.30. The quantitative estimate of drug-likeness (QED) is 0.573. The maximum Gasteiger partial charge on any atom is 0.314 e. The molecular weight excluding hydrogens is 212 g/mol. The Balaban J connectivity index is 1.90. The predicted octanol–water partition coefficient (Wildman–Crippen LogP) is 3.73. The van der Waals surface area contributed by atoms with Gasteiger partial charge in [-0.05, 0) is 50.7 Å². The maximum atomic E-state index is 11.9. The number of hydrogen-bond donors (Lipinski definition) is 0. The van der Waals surface area contributed by atoms with Crippen molar-refractivity contribution in [3.8, 4) is 5.75 Å². The SMILES string of the molecule is Cc1ccc(OC(=O)[C@H]2CC[C@H](C)CC2)cc1. The molecule has 0 heterocycles. The highest BCUT2D eigenvalue weighted by molar-refractivity contribution is 5.75. The highest BCUT2D eigenvalue weighted by Crippen LogP contribution is 2.29. The van der Waals surface area contributed by atoms with Gasteiger partial charge in [0.25, 0.3) is 0 Å². The lowest BCUT2D eigenvalue weighted by Gasteiger charge is -2.24. The summed E-state index contributed by atoms with van der Waals surface area (Å²) in [6, 6.07) is 7.65. The van der Waals surface area contributed by atoms with E-state index < -0.39 is 0 Å². The lowest BCUT2D eigenvalue weighted by Crippen LogP contribution is -2.24. The third-order valence-corrected chi connectivity index (χ3v) is 3.59. The van der Waals surface area contributed by atoms with Crippen LogP contribution in [0.5, 0.6) is 5.75 Å². The van der Waals surface area contributed by atoms with E-state index in [1.807, 2.05) is 31.2 Å². The average Bonchev–Trinajstić information content (AvgIpc) is 2.33. The van der Waals surface area contributed by atoms with Crippen LogP contribution in [0.3, 0.4) is 0 Å². The number of carbonyl (C=O) groups excluding carboxylic acids is 1. The van der Waals surface area contributed by atoms with E-state index in [1.165, 1.54) is 5.56 Å². The molecule has 0 bridgehead atoms. The number of ether oxygens (including phenoxy) is 1. The van der Waals surface area contributed by atoms with Crippen molar-refractivity contribution in [1.82, 2.24) is 0 Å². The van der Waals surface area contributed by atoms with Gasteiger partial charge in [0.2, 0.25) is 0 Å². The molecule has 2 nitrogen and oxygen atoms in total. The van der Waals surface area contributed by atoms with Crippen molar-refractivity contribution in [3.63, 3.8) is 0 Å². The van der Waals surface area contributed by atoms with Crippen molar-refractivity contribution in [1.29, 1.82) is 0 Å². The summed E-state index contributed by atoms with van der Waals surface area (Å²) in [6.07, 6.45) is 4.25. The minimum absolute atomic E-state index is 0.0549. The summed E-state index contributed by atoms with van der Waals surface area (Å²) >= 11 is 0. The van der Waals surface area contributed by atoms with Crippen LogP contribution < -0.4 is 4.74 Å². The minimum Gasteiger partial charge on any atom is -0.426 e. The summed E-state index contributed by atoms with van der Waals surface area (Å²) in [5.41, 5.74) is 1.18. The fraction of sp³-hybridized carbons (Fsp3) is 0.533. The van der Waals surface area contributed by atoms with Gasteiger partial charge in [0.1, 0.15) is 5.75 Å². The van der Waals surface area contributed by atoms with Crippen LogP contribution in [0.15, 0.2) is 24.3 Å². The van der Waals surface area contributed by atoms with Gasteiger partial charge in [-0.2, -0.15) is 0 Å². The molecular formula is C15H20O2. The van der Waals surface area contributed by atoms with Gasteiger partial charge in [0, 0.05) is 0 Å². The number of hydrogen-bond acceptors (Lipinski definition) is 2. The summed E-state index contributed by atoms with van der Waals surface area (Å²) in [5.74, 6) is 1.48. The van der Waals surface area contributed by atoms with E-state index in [2.05, 4.69) is 6.92 Å². The first-order chi connectivity index (χ1) is 8.15. The van der Waals surface area contributed by atoms with Gasteiger partial charge in [0.15, 0.2) is 0 Å². The summed E-state index contributed by atoms with van der Waals surface area (Å²) < 4.78 is 5.41. The molecule has 0 amide bonds. The number of carbonyl (C=O) groups is 1. The normalized spacial score (nSPS) is 24.4. The molecule has 0 aliphatic heterocycles. The molecule has 0 N–H and O–H groups in total. The monoisotopic (exact) mass is 232 g/mol. The zero-order valence-electron chi connectivity index (χ0n) is 10.6. The third kappa shape index (κ3) is 3.32. The zero-order valence-corrected chi connectivity index (χ0v) is 10.6. The number of aryl methyl sites for hydroxylation is 1. The summed E-state index contributed by atoms with van der Waals surface area (Å²) in [6.45, 7) is 4.27. The molecule has 17 heavy (non-hydrogen) atoms. The van der Waals surface area contributed by atoms with Gasteiger partial charge in [-0.15, -0.1) is 0 Å². The predicted molar refractivity (Wildman–Crippen MR) is 67.9 cm³/mol. The highest BCUT2D eigenvalue weighted by atomic mass is 16.5. The number of rotatable bonds is 2. The molecule has 1 aromatic rings. The van der Waals surface area contributed by atoms with E-state index in [4.69, 9.17) is 4.74 Å². The second-order valence-corrected chi connectivity index (χ2v) is 5.19. The van der Waals surface area contributed by atoms with Gasteiger partial charge in [0.05, 0.1) is 5.92 Å². The first kappa shape index (κ1) is 12.2. The Morgan fingerprint density at radius 2 is 1.71 bits per heavy atom. The van der Waals surface area contributed by atoms with Crippen LogP contribution in [0.2, 0.25) is 0 Å². The van der Waals surface area contributed by atoms with Gasteiger partial charge < -0.3 is 4.74 Å². The Kier molecular flexibility index (Phi) is 3.82. The van der Waals surface area contributed by atoms with E-state index in [1.54, 1.807) is 0 Å². The van der Waals surface area contributed by atoms with E-state index in [0.29, 0.717) is 5.75 Å². The molecule has 1 fully saturated rings. The first-order valence-electron chi connectivity index (χ1n) is 6.43. The highest BCUT2D eigenvalue weighted by Gasteiger charge is 2.25. The van der Waals surface area contributed by atoms with Crippen LogP contribution in [0.1, 0.15) is 38.2 Å². The largest absolute Gasteiger partial charge is 0.426 e. The number of esters is 1. The molecule has 92 valence electrons. The molecule has 1 aliphatic rings. The lowest BCUT2D eigenvalue weighted by molar-refractivity contribution is -0.140. The van der Waals surface area contributed by atoms with Crippen LogP contribution in [0.25, 0.3) is 0 Å². The molecule has 2 heteroatoms. The van der Waals surface area contributed by atoms with E-state index >= 15 is 0 Å². The molecule has 2 rings (SSSR count).